The average molecular weight is 1100 g/mol. The third-order valence-corrected chi connectivity index (χ3v) is 16.5. The van der Waals surface area contributed by atoms with Crippen LogP contribution in [0.5, 0.6) is 0 Å². The summed E-state index contributed by atoms with van der Waals surface area (Å²) in [5.74, 6) is 1.39. The molecule has 4 N–H and O–H groups in total. The lowest BCUT2D eigenvalue weighted by Crippen LogP contribution is -2.22. The second kappa shape index (κ2) is 25.3. The Balaban J connectivity index is 0.000000171. The summed E-state index contributed by atoms with van der Waals surface area (Å²) in [6.07, 6.45) is 14.7. The number of aromatic nitrogens is 5. The molecule has 12 rings (SSSR count). The molecule has 2 aliphatic heterocycles. The Morgan fingerprint density at radius 1 is 0.556 bits per heavy atom. The normalized spacial score (nSPS) is 16.4. The fourth-order valence-corrected chi connectivity index (χ4v) is 11.9. The fraction of sp³-hybridized carbons (Fsp3) is 0.328. The first kappa shape index (κ1) is 55.1. The van der Waals surface area contributed by atoms with Gasteiger partial charge in [0.2, 0.25) is 11.9 Å². The van der Waals surface area contributed by atoms with Gasteiger partial charge in [-0.15, -0.1) is 0 Å². The predicted molar refractivity (Wildman–Crippen MR) is 327 cm³/mol. The number of carbonyl (C=O) groups excluding carboxylic acids is 2. The van der Waals surface area contributed by atoms with Crippen molar-refractivity contribution in [1.82, 2.24) is 34.7 Å². The highest BCUT2D eigenvalue weighted by Gasteiger charge is 2.30. The van der Waals surface area contributed by atoms with Crippen LogP contribution < -0.4 is 21.3 Å². The van der Waals surface area contributed by atoms with E-state index in [9.17, 15) is 9.59 Å². The number of halogens is 1. The number of pyridine rings is 1. The van der Waals surface area contributed by atoms with Crippen molar-refractivity contribution >= 4 is 46.7 Å². The number of benzene rings is 5. The van der Waals surface area contributed by atoms with Gasteiger partial charge < -0.3 is 31.1 Å². The Kier molecular flexibility index (Phi) is 17.2. The molecule has 2 aliphatic carbocycles. The standard InChI is InChI=1S/C36H41N5O.C31H31ClN6O/c1-36(2,3)28-15-11-26(12-16-28)34(42)39-29-17-13-25(14-18-29)32-23-27-24-38-35(37-19-8-22-41-20-6-7-21-41)40-33(27)31-10-5-4-9-30(31)32;32-29-26(9-5-14-33-29)30(39)36-23-12-10-21(11-13-23)27-19-22-20-35-31(34-15-6-18-38-16-3-4-17-38)37-28(22)25-8-2-1-7-24(25)27/h4-5,9-18,24,32H,6-8,19-23H2,1-3H3,(H,39,42)(H,37,38,40);1-2,5,7-14,20,27H,3-4,6,15-19H2,(H,36,39)(H,34,35,37). The Morgan fingerprint density at radius 3 is 1.49 bits per heavy atom. The van der Waals surface area contributed by atoms with E-state index in [1.807, 2.05) is 60.9 Å². The van der Waals surface area contributed by atoms with Gasteiger partial charge in [0, 0.05) is 71.6 Å². The molecule has 5 heterocycles. The topological polar surface area (TPSA) is 153 Å². The van der Waals surface area contributed by atoms with Crippen LogP contribution in [0.25, 0.3) is 22.5 Å². The fourth-order valence-electron chi connectivity index (χ4n) is 11.7. The van der Waals surface area contributed by atoms with Gasteiger partial charge in [-0.25, -0.2) is 24.9 Å². The Morgan fingerprint density at radius 2 is 1.02 bits per heavy atom. The lowest BCUT2D eigenvalue weighted by Gasteiger charge is -2.27. The first-order valence-electron chi connectivity index (χ1n) is 28.9. The summed E-state index contributed by atoms with van der Waals surface area (Å²) in [4.78, 5) is 53.8. The highest BCUT2D eigenvalue weighted by molar-refractivity contribution is 6.33. The van der Waals surface area contributed by atoms with Crippen molar-refractivity contribution in [1.29, 1.82) is 0 Å². The van der Waals surface area contributed by atoms with Crippen molar-refractivity contribution in [3.05, 3.63) is 207 Å². The Bertz CT molecular complexity index is 3460. The van der Waals surface area contributed by atoms with Crippen molar-refractivity contribution in [2.75, 3.05) is 73.6 Å². The maximum absolute atomic E-state index is 12.9. The smallest absolute Gasteiger partial charge is 0.258 e. The van der Waals surface area contributed by atoms with Gasteiger partial charge in [0.1, 0.15) is 5.15 Å². The molecule has 5 aromatic carbocycles. The van der Waals surface area contributed by atoms with Gasteiger partial charge in [-0.2, -0.15) is 0 Å². The number of carbonyl (C=O) groups is 2. The number of hydrogen-bond donors (Lipinski definition) is 4. The molecule has 4 aliphatic rings. The molecule has 2 atom stereocenters. The molecule has 8 aromatic rings. The number of nitrogens with zero attached hydrogens (tertiary/aromatic N) is 7. The number of nitrogens with one attached hydrogen (secondary N) is 4. The maximum atomic E-state index is 12.9. The molecule has 14 heteroatoms. The van der Waals surface area contributed by atoms with Crippen molar-refractivity contribution in [2.24, 2.45) is 0 Å². The first-order chi connectivity index (χ1) is 39.5. The zero-order valence-corrected chi connectivity index (χ0v) is 47.5. The summed E-state index contributed by atoms with van der Waals surface area (Å²) < 4.78 is 0. The molecule has 414 valence electrons. The first-order valence-corrected chi connectivity index (χ1v) is 29.2. The van der Waals surface area contributed by atoms with Gasteiger partial charge in [-0.3, -0.25) is 9.59 Å². The number of rotatable bonds is 16. The van der Waals surface area contributed by atoms with E-state index < -0.39 is 0 Å². The van der Waals surface area contributed by atoms with E-state index in [0.717, 1.165) is 85.6 Å². The molecule has 0 saturated carbocycles. The van der Waals surface area contributed by atoms with E-state index in [2.05, 4.69) is 140 Å². The quantitative estimate of drug-likeness (QED) is 0.0540. The van der Waals surface area contributed by atoms with Gasteiger partial charge in [-0.05, 0) is 184 Å². The number of anilines is 4. The highest BCUT2D eigenvalue weighted by atomic mass is 35.5. The minimum Gasteiger partial charge on any atom is -0.354 e. The molecule has 3 aromatic heterocycles. The van der Waals surface area contributed by atoms with Gasteiger partial charge in [0.25, 0.3) is 11.8 Å². The highest BCUT2D eigenvalue weighted by Crippen LogP contribution is 2.44. The molecular weight excluding hydrogens is 1030 g/mol. The number of fused-ring (bicyclic) bond motifs is 6. The molecule has 2 unspecified atom stereocenters. The maximum Gasteiger partial charge on any atom is 0.258 e. The largest absolute Gasteiger partial charge is 0.354 e. The monoisotopic (exact) mass is 1100 g/mol. The van der Waals surface area contributed by atoms with Crippen LogP contribution in [-0.4, -0.2) is 98.9 Å². The van der Waals surface area contributed by atoms with Gasteiger partial charge in [-0.1, -0.05) is 117 Å². The Hall–Kier alpha value is -7.84. The summed E-state index contributed by atoms with van der Waals surface area (Å²) in [6.45, 7) is 15.5. The van der Waals surface area contributed by atoms with Gasteiger partial charge in [0.15, 0.2) is 0 Å². The third-order valence-electron chi connectivity index (χ3n) is 16.2. The van der Waals surface area contributed by atoms with E-state index in [0.29, 0.717) is 28.7 Å². The summed E-state index contributed by atoms with van der Waals surface area (Å²) in [5.41, 5.74) is 15.3. The summed E-state index contributed by atoms with van der Waals surface area (Å²) >= 11 is 6.08. The van der Waals surface area contributed by atoms with E-state index in [-0.39, 0.29) is 34.2 Å². The van der Waals surface area contributed by atoms with Crippen LogP contribution in [-0.2, 0) is 18.3 Å². The van der Waals surface area contributed by atoms with Crippen LogP contribution >= 0.6 is 11.6 Å². The Labute approximate surface area is 481 Å². The average Bonchev–Trinajstić information content (AvgIpc) is 4.36. The minimum atomic E-state index is -0.282. The summed E-state index contributed by atoms with van der Waals surface area (Å²) in [5, 5.41) is 13.0. The van der Waals surface area contributed by atoms with E-state index in [1.165, 1.54) is 85.2 Å². The van der Waals surface area contributed by atoms with Gasteiger partial charge >= 0.3 is 0 Å². The number of hydrogen-bond acceptors (Lipinski definition) is 11. The van der Waals surface area contributed by atoms with Crippen LogP contribution in [0.2, 0.25) is 5.15 Å². The minimum absolute atomic E-state index is 0.0567. The van der Waals surface area contributed by atoms with Crippen LogP contribution in [0.3, 0.4) is 0 Å². The lowest BCUT2D eigenvalue weighted by atomic mass is 9.78. The van der Waals surface area contributed by atoms with Crippen LogP contribution in [0.1, 0.15) is 131 Å². The zero-order chi connectivity index (χ0) is 55.7. The van der Waals surface area contributed by atoms with Crippen LogP contribution in [0, 0.1) is 0 Å². The summed E-state index contributed by atoms with van der Waals surface area (Å²) in [6, 6.07) is 44.6. The van der Waals surface area contributed by atoms with Crippen molar-refractivity contribution in [3.8, 4) is 22.5 Å². The molecule has 0 bridgehead atoms. The molecule has 81 heavy (non-hydrogen) atoms. The van der Waals surface area contributed by atoms with E-state index in [1.54, 1.807) is 18.3 Å². The zero-order valence-electron chi connectivity index (χ0n) is 46.7. The van der Waals surface area contributed by atoms with Crippen LogP contribution in [0.15, 0.2) is 152 Å². The molecule has 2 saturated heterocycles. The second-order valence-electron chi connectivity index (χ2n) is 22.8. The van der Waals surface area contributed by atoms with Gasteiger partial charge in [0.05, 0.1) is 17.0 Å². The SMILES string of the molecule is CC(C)(C)c1ccc(C(=O)Nc2ccc(C3Cc4cnc(NCCCN5CCCC5)nc4-c4ccccc43)cc2)cc1.O=C(Nc1ccc(C2Cc3cnc(NCCCN4CCCC4)nc3-c3ccccc32)cc1)c1cccnc1Cl. The molecule has 0 radical (unpaired) electrons. The predicted octanol–water partition coefficient (Wildman–Crippen LogP) is 13.3. The van der Waals surface area contributed by atoms with E-state index in [4.69, 9.17) is 21.6 Å². The third kappa shape index (κ3) is 13.3. The lowest BCUT2D eigenvalue weighted by molar-refractivity contribution is 0.101. The molecule has 2 amide bonds. The van der Waals surface area contributed by atoms with Crippen molar-refractivity contribution < 1.29 is 9.59 Å². The number of likely N-dealkylation sites (tertiary alicyclic amines) is 2. The van der Waals surface area contributed by atoms with E-state index >= 15 is 0 Å². The molecular formula is C67H72ClN11O2. The second-order valence-corrected chi connectivity index (χ2v) is 23.2. The van der Waals surface area contributed by atoms with Crippen molar-refractivity contribution in [2.45, 2.75) is 89.4 Å². The van der Waals surface area contributed by atoms with Crippen molar-refractivity contribution in [3.63, 3.8) is 0 Å². The summed E-state index contributed by atoms with van der Waals surface area (Å²) in [7, 11) is 0. The van der Waals surface area contributed by atoms with Crippen LogP contribution in [0.4, 0.5) is 23.3 Å². The molecule has 2 fully saturated rings. The number of amides is 2. The molecule has 0 spiro atoms. The molecule has 13 nitrogen and oxygen atoms in total.